The third-order valence-corrected chi connectivity index (χ3v) is 5.74. The summed E-state index contributed by atoms with van der Waals surface area (Å²) in [6.07, 6.45) is -4.96. The zero-order valence-electron chi connectivity index (χ0n) is 20.5. The van der Waals surface area contributed by atoms with E-state index < -0.39 is 35.4 Å². The fourth-order valence-electron chi connectivity index (χ4n) is 3.95. The van der Waals surface area contributed by atoms with Crippen molar-refractivity contribution in [2.75, 3.05) is 13.7 Å². The van der Waals surface area contributed by atoms with Crippen molar-refractivity contribution in [3.8, 4) is 16.9 Å². The lowest BCUT2D eigenvalue weighted by Crippen LogP contribution is -2.39. The van der Waals surface area contributed by atoms with Gasteiger partial charge in [0.25, 0.3) is 0 Å². The van der Waals surface area contributed by atoms with Gasteiger partial charge in [-0.1, -0.05) is 12.1 Å². The van der Waals surface area contributed by atoms with Crippen molar-refractivity contribution in [2.24, 2.45) is 0 Å². The van der Waals surface area contributed by atoms with Crippen LogP contribution in [0.3, 0.4) is 0 Å². The number of amides is 2. The summed E-state index contributed by atoms with van der Waals surface area (Å²) in [7, 11) is 1.38. The molecule has 0 heterocycles. The van der Waals surface area contributed by atoms with Crippen molar-refractivity contribution in [3.05, 3.63) is 88.5 Å². The van der Waals surface area contributed by atoms with Crippen LogP contribution in [0.2, 0.25) is 0 Å². The van der Waals surface area contributed by atoms with Gasteiger partial charge >= 0.3 is 18.2 Å². The van der Waals surface area contributed by atoms with Crippen molar-refractivity contribution in [1.29, 1.82) is 0 Å². The summed E-state index contributed by atoms with van der Waals surface area (Å²) in [5.74, 6) is -2.40. The number of hydrogen-bond acceptors (Lipinski definition) is 3. The summed E-state index contributed by atoms with van der Waals surface area (Å²) in [6.45, 7) is 1.29. The van der Waals surface area contributed by atoms with Crippen LogP contribution >= 0.6 is 0 Å². The van der Waals surface area contributed by atoms with Crippen molar-refractivity contribution < 1.29 is 41.4 Å². The molecular formula is C27H25F5N2O4. The van der Waals surface area contributed by atoms with Crippen LogP contribution in [0.15, 0.2) is 54.6 Å². The molecular weight excluding hydrogens is 511 g/mol. The predicted molar refractivity (Wildman–Crippen MR) is 129 cm³/mol. The Morgan fingerprint density at radius 2 is 1.63 bits per heavy atom. The molecule has 202 valence electrons. The molecule has 0 atom stereocenters. The molecule has 3 rings (SSSR count). The molecule has 11 heteroatoms. The normalized spacial score (nSPS) is 11.2. The van der Waals surface area contributed by atoms with Crippen molar-refractivity contribution >= 4 is 12.0 Å². The first-order valence-corrected chi connectivity index (χ1v) is 11.5. The number of rotatable bonds is 9. The summed E-state index contributed by atoms with van der Waals surface area (Å²) >= 11 is 0. The number of carbonyl (C=O) groups is 2. The van der Waals surface area contributed by atoms with Gasteiger partial charge in [-0.15, -0.1) is 0 Å². The molecule has 3 aromatic rings. The monoisotopic (exact) mass is 536 g/mol. The van der Waals surface area contributed by atoms with Gasteiger partial charge in [0.1, 0.15) is 17.4 Å². The third-order valence-electron chi connectivity index (χ3n) is 5.74. The third kappa shape index (κ3) is 7.21. The van der Waals surface area contributed by atoms with E-state index in [0.29, 0.717) is 28.5 Å². The number of ether oxygens (including phenoxy) is 1. The fraction of sp³-hybridized carbons (Fsp3) is 0.259. The Balaban J connectivity index is 1.98. The SMILES string of the molecule is CCN(Cc1cc(C(F)(F)F)ccc1-c1cc(CC(=O)O)ccc1OC)C(=O)NCc1cc(F)cc(F)c1. The Morgan fingerprint density at radius 3 is 2.21 bits per heavy atom. The van der Waals surface area contributed by atoms with E-state index in [1.165, 1.54) is 30.2 Å². The van der Waals surface area contributed by atoms with Crippen LogP contribution in [0.5, 0.6) is 5.75 Å². The standard InChI is InChI=1S/C27H25F5N2O4/c1-3-34(26(37)33-14-17-8-20(28)13-21(29)9-17)15-18-12-19(27(30,31)32)5-6-22(18)23-10-16(11-25(35)36)4-7-24(23)38-2/h4-10,12-13H,3,11,14-15H2,1-2H3,(H,33,37)(H,35,36). The minimum atomic E-state index is -4.65. The first kappa shape index (κ1) is 28.4. The van der Waals surface area contributed by atoms with E-state index in [9.17, 15) is 31.5 Å². The molecule has 0 aliphatic heterocycles. The number of hydrogen-bond donors (Lipinski definition) is 2. The Labute approximate surface area is 215 Å². The van der Waals surface area contributed by atoms with Gasteiger partial charge < -0.3 is 20.1 Å². The largest absolute Gasteiger partial charge is 0.496 e. The van der Waals surface area contributed by atoms with Crippen molar-refractivity contribution in [3.63, 3.8) is 0 Å². The summed E-state index contributed by atoms with van der Waals surface area (Å²) < 4.78 is 73.0. The second-order valence-corrected chi connectivity index (χ2v) is 8.43. The highest BCUT2D eigenvalue weighted by molar-refractivity contribution is 5.78. The lowest BCUT2D eigenvalue weighted by atomic mass is 9.94. The Kier molecular flexibility index (Phi) is 8.92. The lowest BCUT2D eigenvalue weighted by molar-refractivity contribution is -0.138. The highest BCUT2D eigenvalue weighted by Crippen LogP contribution is 2.38. The van der Waals surface area contributed by atoms with Crippen molar-refractivity contribution in [2.45, 2.75) is 32.6 Å². The van der Waals surface area contributed by atoms with Gasteiger partial charge in [0, 0.05) is 31.3 Å². The molecule has 0 bridgehead atoms. The number of urea groups is 1. The van der Waals surface area contributed by atoms with Gasteiger partial charge in [-0.3, -0.25) is 4.79 Å². The molecule has 0 unspecified atom stereocenters. The quantitative estimate of drug-likeness (QED) is 0.328. The molecule has 0 aliphatic rings. The minimum Gasteiger partial charge on any atom is -0.496 e. The topological polar surface area (TPSA) is 78.9 Å². The highest BCUT2D eigenvalue weighted by Gasteiger charge is 2.31. The number of halogens is 5. The number of carboxylic acids is 1. The molecule has 0 radical (unpaired) electrons. The Bertz CT molecular complexity index is 1310. The highest BCUT2D eigenvalue weighted by atomic mass is 19.4. The van der Waals surface area contributed by atoms with E-state index in [-0.39, 0.29) is 37.2 Å². The summed E-state index contributed by atoms with van der Waals surface area (Å²) in [5.41, 5.74) is 0.475. The number of aliphatic carboxylic acids is 1. The Hall–Kier alpha value is -4.15. The lowest BCUT2D eigenvalue weighted by Gasteiger charge is -2.24. The Morgan fingerprint density at radius 1 is 0.947 bits per heavy atom. The second kappa shape index (κ2) is 11.9. The van der Waals surface area contributed by atoms with Crippen LogP contribution in [0, 0.1) is 11.6 Å². The number of nitrogens with one attached hydrogen (secondary N) is 1. The van der Waals surface area contributed by atoms with Crippen LogP contribution in [0.1, 0.15) is 29.2 Å². The van der Waals surface area contributed by atoms with E-state index >= 15 is 0 Å². The van der Waals surface area contributed by atoms with Crippen LogP contribution in [-0.2, 0) is 30.5 Å². The van der Waals surface area contributed by atoms with Gasteiger partial charge in [0.05, 0.1) is 19.1 Å². The average molecular weight is 536 g/mol. The second-order valence-electron chi connectivity index (χ2n) is 8.43. The molecule has 0 aromatic heterocycles. The number of carboxylic acid groups (broad SMARTS) is 1. The van der Waals surface area contributed by atoms with Crippen molar-refractivity contribution in [1.82, 2.24) is 10.2 Å². The minimum absolute atomic E-state index is 0.106. The average Bonchev–Trinajstić information content (AvgIpc) is 2.84. The number of benzene rings is 3. The molecule has 0 saturated carbocycles. The van der Waals surface area contributed by atoms with Gasteiger partial charge in [0.2, 0.25) is 0 Å². The number of methoxy groups -OCH3 is 1. The van der Waals surface area contributed by atoms with Crippen LogP contribution in [0.25, 0.3) is 11.1 Å². The first-order valence-electron chi connectivity index (χ1n) is 11.5. The predicted octanol–water partition coefficient (Wildman–Crippen LogP) is 6.02. The molecule has 2 amide bonds. The van der Waals surface area contributed by atoms with Gasteiger partial charge in [-0.2, -0.15) is 13.2 Å². The molecule has 0 spiro atoms. The van der Waals surface area contributed by atoms with Crippen LogP contribution in [0.4, 0.5) is 26.7 Å². The first-order chi connectivity index (χ1) is 17.9. The molecule has 0 fully saturated rings. The summed E-state index contributed by atoms with van der Waals surface area (Å²) in [5, 5.41) is 11.7. The molecule has 38 heavy (non-hydrogen) atoms. The summed E-state index contributed by atoms with van der Waals surface area (Å²) in [4.78, 5) is 25.3. The molecule has 0 saturated heterocycles. The molecule has 0 aliphatic carbocycles. The fourth-order valence-corrected chi connectivity index (χ4v) is 3.95. The smallest absolute Gasteiger partial charge is 0.416 e. The van der Waals surface area contributed by atoms with E-state index in [1.54, 1.807) is 13.0 Å². The molecule has 3 aromatic carbocycles. The summed E-state index contributed by atoms with van der Waals surface area (Å²) in [6, 6.07) is 9.81. The zero-order valence-corrected chi connectivity index (χ0v) is 20.5. The maximum Gasteiger partial charge on any atom is 0.416 e. The number of alkyl halides is 3. The van der Waals surface area contributed by atoms with Gasteiger partial charge in [0.15, 0.2) is 0 Å². The van der Waals surface area contributed by atoms with E-state index in [0.717, 1.165) is 24.3 Å². The maximum absolute atomic E-state index is 13.6. The molecule has 2 N–H and O–H groups in total. The number of carbonyl (C=O) groups excluding carboxylic acids is 1. The maximum atomic E-state index is 13.6. The van der Waals surface area contributed by atoms with E-state index in [4.69, 9.17) is 9.84 Å². The van der Waals surface area contributed by atoms with Gasteiger partial charge in [-0.05, 0) is 65.6 Å². The molecule has 6 nitrogen and oxygen atoms in total. The zero-order chi connectivity index (χ0) is 28.0. The van der Waals surface area contributed by atoms with Crippen LogP contribution in [-0.4, -0.2) is 35.7 Å². The van der Waals surface area contributed by atoms with E-state index in [2.05, 4.69) is 5.32 Å². The van der Waals surface area contributed by atoms with E-state index in [1.807, 2.05) is 0 Å². The van der Waals surface area contributed by atoms with Gasteiger partial charge in [-0.25, -0.2) is 13.6 Å². The number of nitrogens with zero attached hydrogens (tertiary/aromatic N) is 1. The van der Waals surface area contributed by atoms with Crippen LogP contribution < -0.4 is 10.1 Å².